The highest BCUT2D eigenvalue weighted by molar-refractivity contribution is 6.30. The molecule has 0 fully saturated rings. The van der Waals surface area contributed by atoms with Crippen molar-refractivity contribution in [1.82, 2.24) is 0 Å². The minimum Gasteiger partial charge on any atom is -0.330 e. The highest BCUT2D eigenvalue weighted by atomic mass is 35.5. The highest BCUT2D eigenvalue weighted by Crippen LogP contribution is 2.29. The molecule has 0 aromatic heterocycles. The van der Waals surface area contributed by atoms with Gasteiger partial charge >= 0.3 is 0 Å². The van der Waals surface area contributed by atoms with E-state index in [0.29, 0.717) is 11.6 Å². The lowest BCUT2D eigenvalue weighted by Gasteiger charge is -2.17. The molecule has 0 amide bonds. The van der Waals surface area contributed by atoms with E-state index >= 15 is 0 Å². The number of hydrogen-bond donors (Lipinski definition) is 1. The molecular formula is C15H15ClFN. The molecule has 2 aromatic rings. The molecule has 0 aliphatic heterocycles. The molecular weight excluding hydrogens is 249 g/mol. The number of halogens is 2. The van der Waals surface area contributed by atoms with Gasteiger partial charge in [0.05, 0.1) is 0 Å². The van der Waals surface area contributed by atoms with Gasteiger partial charge in [0.2, 0.25) is 0 Å². The van der Waals surface area contributed by atoms with Gasteiger partial charge in [-0.3, -0.25) is 0 Å². The van der Waals surface area contributed by atoms with Crippen molar-refractivity contribution < 1.29 is 4.39 Å². The van der Waals surface area contributed by atoms with Gasteiger partial charge in [-0.2, -0.15) is 0 Å². The van der Waals surface area contributed by atoms with Crippen molar-refractivity contribution in [2.75, 3.05) is 6.54 Å². The van der Waals surface area contributed by atoms with Crippen LogP contribution in [0.5, 0.6) is 0 Å². The van der Waals surface area contributed by atoms with Crippen molar-refractivity contribution in [3.63, 3.8) is 0 Å². The van der Waals surface area contributed by atoms with E-state index in [2.05, 4.69) is 0 Å². The van der Waals surface area contributed by atoms with E-state index in [9.17, 15) is 4.39 Å². The minimum absolute atomic E-state index is 0.161. The predicted octanol–water partition coefficient (Wildman–Crippen LogP) is 3.96. The standard InChI is InChI=1S/C15H15ClFN/c16-13-3-1-2-12(10-13)15(8-9-18)11-4-6-14(17)7-5-11/h1-7,10,15H,8-9,18H2. The van der Waals surface area contributed by atoms with Crippen LogP contribution in [0.15, 0.2) is 48.5 Å². The molecule has 0 spiro atoms. The third-order valence-corrected chi connectivity index (χ3v) is 3.21. The lowest BCUT2D eigenvalue weighted by molar-refractivity contribution is 0.625. The van der Waals surface area contributed by atoms with Crippen molar-refractivity contribution in [2.45, 2.75) is 12.3 Å². The summed E-state index contributed by atoms with van der Waals surface area (Å²) in [4.78, 5) is 0. The van der Waals surface area contributed by atoms with Gasteiger partial charge < -0.3 is 5.73 Å². The lowest BCUT2D eigenvalue weighted by Crippen LogP contribution is -2.09. The van der Waals surface area contributed by atoms with Gasteiger partial charge in [-0.05, 0) is 48.4 Å². The summed E-state index contributed by atoms with van der Waals surface area (Å²) in [5.41, 5.74) is 7.84. The summed E-state index contributed by atoms with van der Waals surface area (Å²) < 4.78 is 13.0. The fourth-order valence-electron chi connectivity index (χ4n) is 2.11. The zero-order chi connectivity index (χ0) is 13.0. The summed E-state index contributed by atoms with van der Waals surface area (Å²) in [6.07, 6.45) is 0.811. The molecule has 94 valence electrons. The summed E-state index contributed by atoms with van der Waals surface area (Å²) in [6, 6.07) is 14.3. The van der Waals surface area contributed by atoms with Gasteiger partial charge in [0.25, 0.3) is 0 Å². The van der Waals surface area contributed by atoms with Gasteiger partial charge in [0.15, 0.2) is 0 Å². The second kappa shape index (κ2) is 5.98. The third-order valence-electron chi connectivity index (χ3n) is 2.98. The Morgan fingerprint density at radius 3 is 2.39 bits per heavy atom. The van der Waals surface area contributed by atoms with Crippen LogP contribution in [0.4, 0.5) is 4.39 Å². The summed E-state index contributed by atoms with van der Waals surface area (Å²) in [6.45, 7) is 0.578. The normalized spacial score (nSPS) is 12.4. The molecule has 18 heavy (non-hydrogen) atoms. The van der Waals surface area contributed by atoms with Crippen molar-refractivity contribution in [3.8, 4) is 0 Å². The minimum atomic E-state index is -0.226. The first kappa shape index (κ1) is 13.1. The Labute approximate surface area is 111 Å². The molecule has 2 rings (SSSR count). The largest absolute Gasteiger partial charge is 0.330 e. The molecule has 2 aromatic carbocycles. The Balaban J connectivity index is 2.36. The summed E-state index contributed by atoms with van der Waals surface area (Å²) >= 11 is 6.01. The number of benzene rings is 2. The molecule has 0 aliphatic rings. The molecule has 1 unspecified atom stereocenters. The van der Waals surface area contributed by atoms with Crippen LogP contribution in [0.3, 0.4) is 0 Å². The molecule has 0 aliphatic carbocycles. The molecule has 0 saturated carbocycles. The van der Waals surface area contributed by atoms with Crippen LogP contribution in [-0.2, 0) is 0 Å². The Morgan fingerprint density at radius 2 is 1.78 bits per heavy atom. The molecule has 0 heterocycles. The monoisotopic (exact) mass is 263 g/mol. The maximum Gasteiger partial charge on any atom is 0.123 e. The van der Waals surface area contributed by atoms with Gasteiger partial charge in [-0.25, -0.2) is 4.39 Å². The first-order chi connectivity index (χ1) is 8.70. The van der Waals surface area contributed by atoms with Gasteiger partial charge in [0.1, 0.15) is 5.82 Å². The maximum atomic E-state index is 13.0. The van der Waals surface area contributed by atoms with Crippen LogP contribution in [-0.4, -0.2) is 6.54 Å². The fraction of sp³-hybridized carbons (Fsp3) is 0.200. The molecule has 0 radical (unpaired) electrons. The molecule has 0 bridgehead atoms. The number of hydrogen-bond acceptors (Lipinski definition) is 1. The molecule has 2 N–H and O–H groups in total. The molecule has 0 saturated heterocycles. The lowest BCUT2D eigenvalue weighted by atomic mass is 9.88. The van der Waals surface area contributed by atoms with Crippen LogP contribution in [0, 0.1) is 5.82 Å². The van der Waals surface area contributed by atoms with Crippen molar-refractivity contribution in [1.29, 1.82) is 0 Å². The highest BCUT2D eigenvalue weighted by Gasteiger charge is 2.13. The third kappa shape index (κ3) is 3.09. The average Bonchev–Trinajstić information content (AvgIpc) is 2.37. The second-order valence-corrected chi connectivity index (χ2v) is 4.67. The van der Waals surface area contributed by atoms with Crippen LogP contribution in [0.2, 0.25) is 5.02 Å². The SMILES string of the molecule is NCCC(c1ccc(F)cc1)c1cccc(Cl)c1. The van der Waals surface area contributed by atoms with Crippen molar-refractivity contribution in [3.05, 3.63) is 70.5 Å². The van der Waals surface area contributed by atoms with E-state index in [1.165, 1.54) is 12.1 Å². The van der Waals surface area contributed by atoms with Gasteiger partial charge in [-0.15, -0.1) is 0 Å². The zero-order valence-corrected chi connectivity index (χ0v) is 10.7. The van der Waals surface area contributed by atoms with Crippen molar-refractivity contribution >= 4 is 11.6 Å². The van der Waals surface area contributed by atoms with Gasteiger partial charge in [0, 0.05) is 10.9 Å². The van der Waals surface area contributed by atoms with Gasteiger partial charge in [-0.1, -0.05) is 35.9 Å². The van der Waals surface area contributed by atoms with E-state index in [0.717, 1.165) is 17.5 Å². The Kier molecular flexibility index (Phi) is 4.34. The Hall–Kier alpha value is -1.38. The smallest absolute Gasteiger partial charge is 0.123 e. The maximum absolute atomic E-state index is 13.0. The first-order valence-corrected chi connectivity index (χ1v) is 6.29. The second-order valence-electron chi connectivity index (χ2n) is 4.24. The summed E-state index contributed by atoms with van der Waals surface area (Å²) in [7, 11) is 0. The molecule has 1 atom stereocenters. The van der Waals surface area contributed by atoms with E-state index in [4.69, 9.17) is 17.3 Å². The number of rotatable bonds is 4. The van der Waals surface area contributed by atoms with E-state index < -0.39 is 0 Å². The van der Waals surface area contributed by atoms with Crippen LogP contribution in [0.25, 0.3) is 0 Å². The van der Waals surface area contributed by atoms with Crippen LogP contribution in [0.1, 0.15) is 23.5 Å². The molecule has 3 heteroatoms. The van der Waals surface area contributed by atoms with Crippen molar-refractivity contribution in [2.24, 2.45) is 5.73 Å². The van der Waals surface area contributed by atoms with E-state index in [-0.39, 0.29) is 11.7 Å². The topological polar surface area (TPSA) is 26.0 Å². The van der Waals surface area contributed by atoms with E-state index in [1.807, 2.05) is 24.3 Å². The van der Waals surface area contributed by atoms with E-state index in [1.54, 1.807) is 12.1 Å². The first-order valence-electron chi connectivity index (χ1n) is 5.91. The average molecular weight is 264 g/mol. The molecule has 1 nitrogen and oxygen atoms in total. The summed E-state index contributed by atoms with van der Waals surface area (Å²) in [5, 5.41) is 0.705. The summed E-state index contributed by atoms with van der Waals surface area (Å²) in [5.74, 6) is -0.0642. The predicted molar refractivity (Wildman–Crippen MR) is 73.4 cm³/mol. The van der Waals surface area contributed by atoms with Crippen LogP contribution >= 0.6 is 11.6 Å². The fourth-order valence-corrected chi connectivity index (χ4v) is 2.31. The van der Waals surface area contributed by atoms with Crippen LogP contribution < -0.4 is 5.73 Å². The Bertz CT molecular complexity index is 510. The zero-order valence-electron chi connectivity index (χ0n) is 9.94. The quantitative estimate of drug-likeness (QED) is 0.888. The number of nitrogens with two attached hydrogens (primary N) is 1. The Morgan fingerprint density at radius 1 is 1.06 bits per heavy atom.